The summed E-state index contributed by atoms with van der Waals surface area (Å²) in [6.45, 7) is 8.78. The fourth-order valence-electron chi connectivity index (χ4n) is 2.10. The fraction of sp³-hybridized carbons (Fsp3) is 0.600. The van der Waals surface area contributed by atoms with Gasteiger partial charge in [-0.1, -0.05) is 27.7 Å². The van der Waals surface area contributed by atoms with Crippen molar-refractivity contribution in [1.29, 1.82) is 0 Å². The fourth-order valence-corrected chi connectivity index (χ4v) is 2.10. The van der Waals surface area contributed by atoms with Gasteiger partial charge in [0.05, 0.1) is 0 Å². The molecule has 4 heteroatoms. The number of hydrogen-bond acceptors (Lipinski definition) is 3. The van der Waals surface area contributed by atoms with E-state index in [1.165, 1.54) is 0 Å². The lowest BCUT2D eigenvalue weighted by Gasteiger charge is -2.22. The first-order chi connectivity index (χ1) is 8.99. The van der Waals surface area contributed by atoms with Crippen LogP contribution in [0.25, 0.3) is 0 Å². The van der Waals surface area contributed by atoms with Crippen molar-refractivity contribution in [3.8, 4) is 0 Å². The molecule has 0 fully saturated rings. The van der Waals surface area contributed by atoms with Crippen molar-refractivity contribution in [3.05, 3.63) is 30.1 Å². The standard InChI is InChI=1S/C15H25N3O/c1-11(2)9-14(10-12(3)4)17-18-15(19)13-5-7-16-8-6-13/h5-8,11-12,14,17H,9-10H2,1-4H3,(H,18,19). The molecule has 1 heterocycles. The van der Waals surface area contributed by atoms with Crippen LogP contribution < -0.4 is 10.9 Å². The Hall–Kier alpha value is -1.42. The maximum absolute atomic E-state index is 11.9. The van der Waals surface area contributed by atoms with E-state index in [9.17, 15) is 4.79 Å². The number of amides is 1. The molecule has 19 heavy (non-hydrogen) atoms. The summed E-state index contributed by atoms with van der Waals surface area (Å²) >= 11 is 0. The normalized spacial score (nSPS) is 11.3. The van der Waals surface area contributed by atoms with Gasteiger partial charge in [0, 0.05) is 24.0 Å². The van der Waals surface area contributed by atoms with Gasteiger partial charge in [-0.25, -0.2) is 5.43 Å². The van der Waals surface area contributed by atoms with Gasteiger partial charge in [0.2, 0.25) is 0 Å². The first kappa shape index (κ1) is 15.6. The number of nitrogens with one attached hydrogen (secondary N) is 2. The molecule has 0 aliphatic carbocycles. The monoisotopic (exact) mass is 263 g/mol. The highest BCUT2D eigenvalue weighted by Crippen LogP contribution is 2.12. The lowest BCUT2D eigenvalue weighted by molar-refractivity contribution is 0.0919. The van der Waals surface area contributed by atoms with Crippen LogP contribution in [0.2, 0.25) is 0 Å². The molecule has 0 aliphatic heterocycles. The van der Waals surface area contributed by atoms with Crippen LogP contribution in [-0.4, -0.2) is 16.9 Å². The number of rotatable bonds is 7. The van der Waals surface area contributed by atoms with Gasteiger partial charge < -0.3 is 0 Å². The molecule has 4 nitrogen and oxygen atoms in total. The minimum absolute atomic E-state index is 0.111. The molecular weight excluding hydrogens is 238 g/mol. The summed E-state index contributed by atoms with van der Waals surface area (Å²) in [5, 5.41) is 0. The van der Waals surface area contributed by atoms with E-state index in [0.29, 0.717) is 23.4 Å². The molecule has 1 amide bonds. The average Bonchev–Trinajstić information content (AvgIpc) is 2.35. The highest BCUT2D eigenvalue weighted by molar-refractivity contribution is 5.93. The Morgan fingerprint density at radius 2 is 1.63 bits per heavy atom. The SMILES string of the molecule is CC(C)CC(CC(C)C)NNC(=O)c1ccncc1. The first-order valence-corrected chi connectivity index (χ1v) is 6.95. The molecular formula is C15H25N3O. The molecule has 0 aromatic carbocycles. The summed E-state index contributed by atoms with van der Waals surface area (Å²) in [7, 11) is 0. The lowest BCUT2D eigenvalue weighted by atomic mass is 9.96. The van der Waals surface area contributed by atoms with E-state index in [0.717, 1.165) is 12.8 Å². The minimum Gasteiger partial charge on any atom is -0.287 e. The zero-order valence-corrected chi connectivity index (χ0v) is 12.3. The quantitative estimate of drug-likeness (QED) is 0.744. The predicted octanol–water partition coefficient (Wildman–Crippen LogP) is 2.78. The van der Waals surface area contributed by atoms with Crippen molar-refractivity contribution in [2.75, 3.05) is 0 Å². The summed E-state index contributed by atoms with van der Waals surface area (Å²) in [5.74, 6) is 1.10. The third-order valence-electron chi connectivity index (χ3n) is 2.84. The Kier molecular flexibility index (Phi) is 6.50. The second kappa shape index (κ2) is 7.89. The van der Waals surface area contributed by atoms with Crippen molar-refractivity contribution in [2.45, 2.75) is 46.6 Å². The minimum atomic E-state index is -0.111. The Morgan fingerprint density at radius 1 is 1.11 bits per heavy atom. The summed E-state index contributed by atoms with van der Waals surface area (Å²) < 4.78 is 0. The first-order valence-electron chi connectivity index (χ1n) is 6.95. The summed E-state index contributed by atoms with van der Waals surface area (Å²) in [6.07, 6.45) is 5.34. The second-order valence-corrected chi connectivity index (χ2v) is 5.79. The summed E-state index contributed by atoms with van der Waals surface area (Å²) in [4.78, 5) is 15.8. The van der Waals surface area contributed by atoms with Crippen LogP contribution in [0, 0.1) is 11.8 Å². The van der Waals surface area contributed by atoms with Crippen molar-refractivity contribution in [1.82, 2.24) is 15.8 Å². The van der Waals surface area contributed by atoms with Crippen LogP contribution in [0.3, 0.4) is 0 Å². The van der Waals surface area contributed by atoms with Crippen LogP contribution in [0.4, 0.5) is 0 Å². The van der Waals surface area contributed by atoms with E-state index in [1.807, 2.05) is 0 Å². The van der Waals surface area contributed by atoms with Crippen LogP contribution >= 0.6 is 0 Å². The molecule has 0 saturated carbocycles. The van der Waals surface area contributed by atoms with Gasteiger partial charge in [-0.15, -0.1) is 0 Å². The van der Waals surface area contributed by atoms with Crippen molar-refractivity contribution in [3.63, 3.8) is 0 Å². The average molecular weight is 263 g/mol. The number of hydrogen-bond donors (Lipinski definition) is 2. The van der Waals surface area contributed by atoms with Crippen molar-refractivity contribution < 1.29 is 4.79 Å². The van der Waals surface area contributed by atoms with Gasteiger partial charge in [-0.3, -0.25) is 15.2 Å². The van der Waals surface area contributed by atoms with Crippen molar-refractivity contribution >= 4 is 5.91 Å². The molecule has 0 aliphatic rings. The van der Waals surface area contributed by atoms with E-state index in [1.54, 1.807) is 24.5 Å². The zero-order valence-electron chi connectivity index (χ0n) is 12.3. The number of carbonyl (C=O) groups excluding carboxylic acids is 1. The highest BCUT2D eigenvalue weighted by atomic mass is 16.2. The molecule has 1 aromatic heterocycles. The third-order valence-corrected chi connectivity index (χ3v) is 2.84. The third kappa shape index (κ3) is 6.34. The van der Waals surface area contributed by atoms with Gasteiger partial charge >= 0.3 is 0 Å². The van der Waals surface area contributed by atoms with E-state index in [4.69, 9.17) is 0 Å². The molecule has 0 radical (unpaired) electrons. The predicted molar refractivity (Wildman–Crippen MR) is 77.5 cm³/mol. The summed E-state index contributed by atoms with van der Waals surface area (Å²) in [6, 6.07) is 3.72. The topological polar surface area (TPSA) is 54.0 Å². The smallest absolute Gasteiger partial charge is 0.265 e. The van der Waals surface area contributed by atoms with E-state index < -0.39 is 0 Å². The van der Waals surface area contributed by atoms with E-state index in [2.05, 4.69) is 43.5 Å². The number of nitrogens with zero attached hydrogens (tertiary/aromatic N) is 1. The molecule has 0 atom stereocenters. The largest absolute Gasteiger partial charge is 0.287 e. The van der Waals surface area contributed by atoms with E-state index in [-0.39, 0.29) is 5.91 Å². The summed E-state index contributed by atoms with van der Waals surface area (Å²) in [5.41, 5.74) is 6.57. The van der Waals surface area contributed by atoms with Gasteiger partial charge in [-0.2, -0.15) is 0 Å². The molecule has 0 spiro atoms. The van der Waals surface area contributed by atoms with Gasteiger partial charge in [0.25, 0.3) is 5.91 Å². The zero-order chi connectivity index (χ0) is 14.3. The molecule has 2 N–H and O–H groups in total. The molecule has 1 aromatic rings. The van der Waals surface area contributed by atoms with Crippen LogP contribution in [0.15, 0.2) is 24.5 Å². The lowest BCUT2D eigenvalue weighted by Crippen LogP contribution is -2.45. The molecule has 0 bridgehead atoms. The highest BCUT2D eigenvalue weighted by Gasteiger charge is 2.14. The molecule has 0 saturated heterocycles. The van der Waals surface area contributed by atoms with Crippen molar-refractivity contribution in [2.24, 2.45) is 11.8 Å². The van der Waals surface area contributed by atoms with Gasteiger partial charge in [0.15, 0.2) is 0 Å². The Balaban J connectivity index is 2.49. The molecule has 1 rings (SSSR count). The maximum atomic E-state index is 11.9. The molecule has 106 valence electrons. The Bertz CT molecular complexity index is 366. The Morgan fingerprint density at radius 3 is 2.11 bits per heavy atom. The number of pyridine rings is 1. The van der Waals surface area contributed by atoms with Gasteiger partial charge in [-0.05, 0) is 36.8 Å². The number of carbonyl (C=O) groups is 1. The van der Waals surface area contributed by atoms with E-state index >= 15 is 0 Å². The van der Waals surface area contributed by atoms with Gasteiger partial charge in [0.1, 0.15) is 0 Å². The Labute approximate surface area is 116 Å². The number of hydrazine groups is 1. The maximum Gasteiger partial charge on any atom is 0.265 e. The number of aromatic nitrogens is 1. The van der Waals surface area contributed by atoms with Crippen LogP contribution in [0.1, 0.15) is 50.9 Å². The second-order valence-electron chi connectivity index (χ2n) is 5.79. The molecule has 0 unspecified atom stereocenters. The van der Waals surface area contributed by atoms with Crippen LogP contribution in [0.5, 0.6) is 0 Å². The van der Waals surface area contributed by atoms with Crippen LogP contribution in [-0.2, 0) is 0 Å².